The number of nitrogen functional groups attached to an aromatic ring is 1. The minimum atomic E-state index is 0.343. The van der Waals surface area contributed by atoms with Crippen LogP contribution in [0, 0.1) is 0 Å². The number of hydrazine groups is 1. The van der Waals surface area contributed by atoms with E-state index in [0.29, 0.717) is 16.8 Å². The van der Waals surface area contributed by atoms with Crippen molar-refractivity contribution in [2.75, 3.05) is 23.9 Å². The van der Waals surface area contributed by atoms with Crippen molar-refractivity contribution in [2.45, 2.75) is 6.42 Å². The van der Waals surface area contributed by atoms with E-state index in [9.17, 15) is 0 Å². The molecule has 0 radical (unpaired) electrons. The number of halogens is 1. The summed E-state index contributed by atoms with van der Waals surface area (Å²) in [6.07, 6.45) is 5.97. The second-order valence-electron chi connectivity index (χ2n) is 4.04. The Labute approximate surface area is 116 Å². The summed E-state index contributed by atoms with van der Waals surface area (Å²) < 4.78 is 0. The van der Waals surface area contributed by atoms with Gasteiger partial charge in [0.05, 0.1) is 6.20 Å². The zero-order chi connectivity index (χ0) is 13.7. The van der Waals surface area contributed by atoms with E-state index in [2.05, 4.69) is 20.4 Å². The van der Waals surface area contributed by atoms with Crippen LogP contribution >= 0.6 is 11.6 Å². The van der Waals surface area contributed by atoms with Gasteiger partial charge in [-0.15, -0.1) is 0 Å². The summed E-state index contributed by atoms with van der Waals surface area (Å²) in [7, 11) is 1.93. The van der Waals surface area contributed by atoms with Gasteiger partial charge in [-0.25, -0.2) is 10.8 Å². The molecule has 3 N–H and O–H groups in total. The van der Waals surface area contributed by atoms with Crippen LogP contribution in [0.15, 0.2) is 30.7 Å². The van der Waals surface area contributed by atoms with Crippen molar-refractivity contribution in [3.05, 3.63) is 41.3 Å². The van der Waals surface area contributed by atoms with E-state index in [4.69, 9.17) is 17.4 Å². The van der Waals surface area contributed by atoms with Crippen LogP contribution in [0.2, 0.25) is 5.02 Å². The first kappa shape index (κ1) is 13.5. The quantitative estimate of drug-likeness (QED) is 0.637. The number of rotatable bonds is 5. The van der Waals surface area contributed by atoms with E-state index in [0.717, 1.165) is 13.0 Å². The molecule has 2 aromatic rings. The van der Waals surface area contributed by atoms with Crippen molar-refractivity contribution >= 4 is 23.4 Å². The largest absolute Gasteiger partial charge is 0.358 e. The molecule has 0 aliphatic rings. The Balaban J connectivity index is 2.05. The number of hydrogen-bond donors (Lipinski definition) is 2. The molecule has 2 aromatic heterocycles. The van der Waals surface area contributed by atoms with E-state index < -0.39 is 0 Å². The maximum atomic E-state index is 6.08. The molecule has 0 saturated heterocycles. The summed E-state index contributed by atoms with van der Waals surface area (Å²) in [6.45, 7) is 0.782. The zero-order valence-corrected chi connectivity index (χ0v) is 11.3. The number of nitrogens with one attached hydrogen (secondary N) is 1. The average Bonchev–Trinajstić information content (AvgIpc) is 2.46. The molecular weight excluding hydrogens is 264 g/mol. The highest BCUT2D eigenvalue weighted by molar-refractivity contribution is 6.32. The lowest BCUT2D eigenvalue weighted by Crippen LogP contribution is -2.23. The minimum absolute atomic E-state index is 0.343. The Morgan fingerprint density at radius 1 is 1.37 bits per heavy atom. The summed E-state index contributed by atoms with van der Waals surface area (Å²) in [5.74, 6) is 6.28. The van der Waals surface area contributed by atoms with Gasteiger partial charge in [-0.1, -0.05) is 11.6 Å². The third kappa shape index (κ3) is 3.52. The molecule has 0 spiro atoms. The van der Waals surface area contributed by atoms with Crippen LogP contribution in [0.25, 0.3) is 0 Å². The van der Waals surface area contributed by atoms with Gasteiger partial charge in [0.15, 0.2) is 5.82 Å². The minimum Gasteiger partial charge on any atom is -0.358 e. The average molecular weight is 279 g/mol. The van der Waals surface area contributed by atoms with E-state index in [-0.39, 0.29) is 0 Å². The van der Waals surface area contributed by atoms with Crippen LogP contribution in [0.3, 0.4) is 0 Å². The van der Waals surface area contributed by atoms with Gasteiger partial charge < -0.3 is 4.90 Å². The third-order valence-electron chi connectivity index (χ3n) is 2.70. The highest BCUT2D eigenvalue weighted by Crippen LogP contribution is 2.22. The predicted octanol–water partition coefficient (Wildman–Crippen LogP) is 1.49. The van der Waals surface area contributed by atoms with Crippen molar-refractivity contribution in [3.8, 4) is 0 Å². The number of hydrogen-bond acceptors (Lipinski definition) is 6. The van der Waals surface area contributed by atoms with Crippen LogP contribution in [0.1, 0.15) is 5.56 Å². The van der Waals surface area contributed by atoms with Gasteiger partial charge in [-0.3, -0.25) is 10.4 Å². The number of pyridine rings is 1. The molecule has 2 rings (SSSR count). The summed E-state index contributed by atoms with van der Waals surface area (Å²) in [5, 5.41) is 0.497. The molecule has 0 aromatic carbocycles. The first-order valence-electron chi connectivity index (χ1n) is 5.80. The fourth-order valence-corrected chi connectivity index (χ4v) is 1.88. The summed E-state index contributed by atoms with van der Waals surface area (Å²) >= 11 is 6.08. The SMILES string of the molecule is CN(CCc1ccncc1)c1nc(NN)ncc1Cl. The van der Waals surface area contributed by atoms with Gasteiger partial charge in [0.1, 0.15) is 5.02 Å². The Morgan fingerprint density at radius 3 is 2.79 bits per heavy atom. The molecule has 0 bridgehead atoms. The monoisotopic (exact) mass is 278 g/mol. The molecule has 0 saturated carbocycles. The zero-order valence-electron chi connectivity index (χ0n) is 10.5. The van der Waals surface area contributed by atoms with Gasteiger partial charge in [-0.2, -0.15) is 4.98 Å². The number of nitrogens with zero attached hydrogens (tertiary/aromatic N) is 4. The van der Waals surface area contributed by atoms with Crippen molar-refractivity contribution in [1.82, 2.24) is 15.0 Å². The van der Waals surface area contributed by atoms with Crippen molar-refractivity contribution in [1.29, 1.82) is 0 Å². The van der Waals surface area contributed by atoms with Crippen LogP contribution in [-0.4, -0.2) is 28.5 Å². The smallest absolute Gasteiger partial charge is 0.239 e. The van der Waals surface area contributed by atoms with Crippen LogP contribution < -0.4 is 16.2 Å². The molecule has 6 nitrogen and oxygen atoms in total. The van der Waals surface area contributed by atoms with Gasteiger partial charge in [0, 0.05) is 26.0 Å². The molecular formula is C12H15ClN6. The molecule has 0 aliphatic carbocycles. The van der Waals surface area contributed by atoms with Crippen molar-refractivity contribution in [2.24, 2.45) is 5.84 Å². The van der Waals surface area contributed by atoms with Crippen molar-refractivity contribution in [3.63, 3.8) is 0 Å². The first-order chi connectivity index (χ1) is 9.20. The second kappa shape index (κ2) is 6.31. The first-order valence-corrected chi connectivity index (χ1v) is 6.17. The number of likely N-dealkylation sites (N-methyl/N-ethyl adjacent to an activating group) is 1. The fourth-order valence-electron chi connectivity index (χ4n) is 1.65. The molecule has 0 amide bonds. The molecule has 7 heteroatoms. The molecule has 2 heterocycles. The Kier molecular flexibility index (Phi) is 4.48. The Hall–Kier alpha value is -1.92. The number of nitrogens with two attached hydrogens (primary N) is 1. The van der Waals surface area contributed by atoms with E-state index >= 15 is 0 Å². The number of anilines is 2. The van der Waals surface area contributed by atoms with E-state index in [1.807, 2.05) is 24.1 Å². The molecule has 100 valence electrons. The lowest BCUT2D eigenvalue weighted by atomic mass is 10.2. The predicted molar refractivity (Wildman–Crippen MR) is 76.1 cm³/mol. The van der Waals surface area contributed by atoms with Crippen molar-refractivity contribution < 1.29 is 0 Å². The molecule has 0 unspecified atom stereocenters. The van der Waals surface area contributed by atoms with Crippen LogP contribution in [0.5, 0.6) is 0 Å². The molecule has 0 atom stereocenters. The summed E-state index contributed by atoms with van der Waals surface area (Å²) in [4.78, 5) is 14.1. The highest BCUT2D eigenvalue weighted by atomic mass is 35.5. The molecule has 0 fully saturated rings. The van der Waals surface area contributed by atoms with Gasteiger partial charge in [0.2, 0.25) is 5.95 Å². The standard InChI is InChI=1S/C12H15ClN6/c1-19(7-4-9-2-5-15-6-3-9)11-10(13)8-16-12(17-11)18-14/h2-3,5-6,8H,4,7,14H2,1H3,(H,16,17,18). The normalized spacial score (nSPS) is 10.3. The van der Waals surface area contributed by atoms with E-state index in [1.165, 1.54) is 11.8 Å². The lowest BCUT2D eigenvalue weighted by molar-refractivity contribution is 0.854. The fraction of sp³-hybridized carbons (Fsp3) is 0.250. The van der Waals surface area contributed by atoms with Crippen LogP contribution in [0.4, 0.5) is 11.8 Å². The van der Waals surface area contributed by atoms with E-state index in [1.54, 1.807) is 12.4 Å². The number of aromatic nitrogens is 3. The maximum absolute atomic E-state index is 6.08. The summed E-state index contributed by atoms with van der Waals surface area (Å²) in [6, 6.07) is 3.98. The summed E-state index contributed by atoms with van der Waals surface area (Å²) in [5.41, 5.74) is 3.62. The Bertz CT molecular complexity index is 533. The lowest BCUT2D eigenvalue weighted by Gasteiger charge is -2.19. The maximum Gasteiger partial charge on any atom is 0.239 e. The van der Waals surface area contributed by atoms with Crippen LogP contribution in [-0.2, 0) is 6.42 Å². The topological polar surface area (TPSA) is 80.0 Å². The molecule has 19 heavy (non-hydrogen) atoms. The van der Waals surface area contributed by atoms with Gasteiger partial charge in [-0.05, 0) is 24.1 Å². The molecule has 0 aliphatic heterocycles. The highest BCUT2D eigenvalue weighted by Gasteiger charge is 2.09. The third-order valence-corrected chi connectivity index (χ3v) is 2.97. The second-order valence-corrected chi connectivity index (χ2v) is 4.44. The Morgan fingerprint density at radius 2 is 2.11 bits per heavy atom. The van der Waals surface area contributed by atoms with Gasteiger partial charge in [0.25, 0.3) is 0 Å². The van der Waals surface area contributed by atoms with Gasteiger partial charge >= 0.3 is 0 Å².